The molecule has 0 radical (unpaired) electrons. The first-order valence-corrected chi connectivity index (χ1v) is 10.1. The lowest BCUT2D eigenvalue weighted by molar-refractivity contribution is 0.0441. The number of hydrogen-bond acceptors (Lipinski definition) is 5. The van der Waals surface area contributed by atoms with E-state index in [0.29, 0.717) is 23.9 Å². The Kier molecular flexibility index (Phi) is 7.27. The third-order valence-electron chi connectivity index (χ3n) is 5.22. The summed E-state index contributed by atoms with van der Waals surface area (Å²) in [5.41, 5.74) is 1.50. The molecule has 1 aromatic carbocycles. The summed E-state index contributed by atoms with van der Waals surface area (Å²) in [4.78, 5) is 20.4. The Balaban J connectivity index is 1.41. The van der Waals surface area contributed by atoms with Gasteiger partial charge in [-0.3, -0.25) is 0 Å². The molecule has 0 spiro atoms. The van der Waals surface area contributed by atoms with E-state index in [2.05, 4.69) is 28.9 Å². The van der Waals surface area contributed by atoms with Crippen molar-refractivity contribution in [1.82, 2.24) is 19.6 Å². The highest BCUT2D eigenvalue weighted by atomic mass is 19.1. The van der Waals surface area contributed by atoms with E-state index in [9.17, 15) is 9.18 Å². The number of carbonyl (C=O) groups excluding carboxylic acids is 1. The van der Waals surface area contributed by atoms with Gasteiger partial charge in [0, 0.05) is 11.9 Å². The number of ether oxygens (including phenoxy) is 1. The van der Waals surface area contributed by atoms with Gasteiger partial charge in [-0.2, -0.15) is 10.1 Å². The fourth-order valence-electron chi connectivity index (χ4n) is 3.41. The van der Waals surface area contributed by atoms with Crippen LogP contribution in [0.1, 0.15) is 55.6 Å². The highest BCUT2D eigenvalue weighted by molar-refractivity contribution is 5.89. The molecule has 3 aromatic rings. The topological polar surface area (TPSA) is 69.4 Å². The van der Waals surface area contributed by atoms with Crippen LogP contribution in [-0.4, -0.2) is 32.2 Å². The number of hydrogen-bond donors (Lipinski definition) is 0. The minimum absolute atomic E-state index is 0.278. The highest BCUT2D eigenvalue weighted by Gasteiger charge is 2.14. The van der Waals surface area contributed by atoms with Crippen LogP contribution in [0, 0.1) is 17.7 Å². The molecule has 3 rings (SSSR count). The van der Waals surface area contributed by atoms with Gasteiger partial charge in [0.15, 0.2) is 0 Å². The molecular weight excluding hydrogens is 371 g/mol. The van der Waals surface area contributed by atoms with E-state index < -0.39 is 5.97 Å². The Labute approximate surface area is 170 Å². The monoisotopic (exact) mass is 398 g/mol. The van der Waals surface area contributed by atoms with E-state index >= 15 is 0 Å². The van der Waals surface area contributed by atoms with E-state index in [1.54, 1.807) is 10.7 Å². The van der Waals surface area contributed by atoms with Gasteiger partial charge in [-0.25, -0.2) is 18.7 Å². The molecule has 0 amide bonds. The third kappa shape index (κ3) is 5.82. The number of esters is 1. The molecule has 0 aliphatic heterocycles. The van der Waals surface area contributed by atoms with E-state index in [0.717, 1.165) is 37.8 Å². The number of aromatic nitrogens is 4. The summed E-state index contributed by atoms with van der Waals surface area (Å²) in [7, 11) is 0. The minimum Gasteiger partial charge on any atom is -0.462 e. The first-order chi connectivity index (χ1) is 14.1. The number of fused-ring (bicyclic) bond motifs is 1. The van der Waals surface area contributed by atoms with Gasteiger partial charge in [0.2, 0.25) is 0 Å². The summed E-state index contributed by atoms with van der Waals surface area (Å²) >= 11 is 0. The zero-order valence-corrected chi connectivity index (χ0v) is 16.9. The maximum atomic E-state index is 12.9. The van der Waals surface area contributed by atoms with Crippen molar-refractivity contribution in [3.8, 4) is 0 Å². The molecule has 7 heteroatoms. The van der Waals surface area contributed by atoms with E-state index in [1.165, 1.54) is 30.6 Å². The van der Waals surface area contributed by atoms with Crippen LogP contribution in [0.2, 0.25) is 0 Å². The second-order valence-electron chi connectivity index (χ2n) is 7.53. The first-order valence-electron chi connectivity index (χ1n) is 10.1. The van der Waals surface area contributed by atoms with Crippen LogP contribution in [0.3, 0.4) is 0 Å². The van der Waals surface area contributed by atoms with Crippen molar-refractivity contribution in [2.45, 2.75) is 46.0 Å². The van der Waals surface area contributed by atoms with Crippen LogP contribution in [-0.2, 0) is 11.2 Å². The molecular formula is C22H27FN4O2. The number of rotatable bonds is 10. The van der Waals surface area contributed by atoms with Gasteiger partial charge in [0.25, 0.3) is 5.78 Å². The Morgan fingerprint density at radius 1 is 1.17 bits per heavy atom. The molecule has 0 N–H and O–H groups in total. The number of carbonyl (C=O) groups is 1. The normalized spacial score (nSPS) is 13.3. The van der Waals surface area contributed by atoms with Crippen molar-refractivity contribution >= 4 is 11.7 Å². The van der Waals surface area contributed by atoms with Crippen molar-refractivity contribution in [3.63, 3.8) is 0 Å². The van der Waals surface area contributed by atoms with Gasteiger partial charge in [0.05, 0.1) is 12.2 Å². The molecule has 2 heterocycles. The first kappa shape index (κ1) is 20.9. The molecule has 29 heavy (non-hydrogen) atoms. The van der Waals surface area contributed by atoms with Crippen molar-refractivity contribution in [3.05, 3.63) is 59.9 Å². The molecule has 2 unspecified atom stereocenters. The van der Waals surface area contributed by atoms with Gasteiger partial charge in [-0.1, -0.05) is 33.1 Å². The average Bonchev–Trinajstić information content (AvgIpc) is 3.21. The quantitative estimate of drug-likeness (QED) is 0.471. The third-order valence-corrected chi connectivity index (χ3v) is 5.22. The van der Waals surface area contributed by atoms with Gasteiger partial charge < -0.3 is 4.74 Å². The van der Waals surface area contributed by atoms with Crippen LogP contribution >= 0.6 is 0 Å². The number of nitrogens with zero attached hydrogens (tertiary/aromatic N) is 4. The summed E-state index contributed by atoms with van der Waals surface area (Å²) in [6.07, 6.45) is 8.50. The fraction of sp³-hybridized carbons (Fsp3) is 0.455. The van der Waals surface area contributed by atoms with Crippen LogP contribution in [0.25, 0.3) is 5.78 Å². The van der Waals surface area contributed by atoms with E-state index in [-0.39, 0.29) is 11.7 Å². The van der Waals surface area contributed by atoms with Crippen LogP contribution in [0.15, 0.2) is 42.9 Å². The van der Waals surface area contributed by atoms with Crippen LogP contribution in [0.4, 0.5) is 4.39 Å². The zero-order chi connectivity index (χ0) is 20.6. The Morgan fingerprint density at radius 3 is 2.72 bits per heavy atom. The molecule has 154 valence electrons. The standard InChI is InChI=1S/C22H27FN4O2/c1-3-17(13-20-11-12-24-22-25-15-26-27(20)22)6-4-5-16(2)14-29-21(28)18-7-9-19(23)10-8-18/h7-12,15-17H,3-6,13-14H2,1-2H3. The van der Waals surface area contributed by atoms with Crippen molar-refractivity contribution in [2.24, 2.45) is 11.8 Å². The summed E-state index contributed by atoms with van der Waals surface area (Å²) in [6, 6.07) is 7.42. The fourth-order valence-corrected chi connectivity index (χ4v) is 3.41. The molecule has 0 saturated heterocycles. The number of benzene rings is 1. The van der Waals surface area contributed by atoms with Gasteiger partial charge >= 0.3 is 5.97 Å². The highest BCUT2D eigenvalue weighted by Crippen LogP contribution is 2.20. The van der Waals surface area contributed by atoms with E-state index in [4.69, 9.17) is 4.74 Å². The smallest absolute Gasteiger partial charge is 0.338 e. The summed E-state index contributed by atoms with van der Waals surface area (Å²) in [5.74, 6) is 0.696. The zero-order valence-electron chi connectivity index (χ0n) is 16.9. The van der Waals surface area contributed by atoms with Crippen molar-refractivity contribution in [2.75, 3.05) is 6.61 Å². The van der Waals surface area contributed by atoms with Gasteiger partial charge in [0.1, 0.15) is 12.1 Å². The molecule has 0 aliphatic carbocycles. The lowest BCUT2D eigenvalue weighted by Crippen LogP contribution is -2.13. The second kappa shape index (κ2) is 10.1. The molecule has 0 saturated carbocycles. The predicted molar refractivity (Wildman–Crippen MR) is 108 cm³/mol. The Hall–Kier alpha value is -2.83. The molecule has 0 bridgehead atoms. The molecule has 0 fully saturated rings. The second-order valence-corrected chi connectivity index (χ2v) is 7.53. The minimum atomic E-state index is -0.405. The lowest BCUT2D eigenvalue weighted by Gasteiger charge is -2.17. The van der Waals surface area contributed by atoms with Gasteiger partial charge in [-0.05, 0) is 55.0 Å². The Morgan fingerprint density at radius 2 is 1.97 bits per heavy atom. The van der Waals surface area contributed by atoms with Gasteiger partial charge in [-0.15, -0.1) is 0 Å². The molecule has 2 atom stereocenters. The SMILES string of the molecule is CCC(CCCC(C)COC(=O)c1ccc(F)cc1)Cc1ccnc2ncnn12. The van der Waals surface area contributed by atoms with Crippen LogP contribution < -0.4 is 0 Å². The molecule has 0 aliphatic rings. The summed E-state index contributed by atoms with van der Waals surface area (Å²) in [5, 5.41) is 4.26. The summed E-state index contributed by atoms with van der Waals surface area (Å²) in [6.45, 7) is 4.66. The predicted octanol–water partition coefficient (Wildman–Crippen LogP) is 4.50. The largest absolute Gasteiger partial charge is 0.462 e. The lowest BCUT2D eigenvalue weighted by atomic mass is 9.92. The van der Waals surface area contributed by atoms with Crippen molar-refractivity contribution in [1.29, 1.82) is 0 Å². The maximum Gasteiger partial charge on any atom is 0.338 e. The van der Waals surface area contributed by atoms with Crippen molar-refractivity contribution < 1.29 is 13.9 Å². The summed E-state index contributed by atoms with van der Waals surface area (Å²) < 4.78 is 20.1. The average molecular weight is 398 g/mol. The molecule has 2 aromatic heterocycles. The molecule has 6 nitrogen and oxygen atoms in total. The Bertz CT molecular complexity index is 926. The van der Waals surface area contributed by atoms with E-state index in [1.807, 2.05) is 6.07 Å². The maximum absolute atomic E-state index is 12.9. The van der Waals surface area contributed by atoms with Crippen LogP contribution in [0.5, 0.6) is 0 Å². The number of halogens is 1.